The summed E-state index contributed by atoms with van der Waals surface area (Å²) in [6.07, 6.45) is -4.92. The molecular weight excluding hydrogens is 470 g/mol. The summed E-state index contributed by atoms with van der Waals surface area (Å²) < 4.78 is 54.4. The zero-order chi connectivity index (χ0) is 25.5. The van der Waals surface area contributed by atoms with E-state index in [-0.39, 0.29) is 23.4 Å². The Kier molecular flexibility index (Phi) is 6.45. The van der Waals surface area contributed by atoms with Crippen molar-refractivity contribution in [2.75, 3.05) is 19.6 Å². The number of piperidine rings is 1. The van der Waals surface area contributed by atoms with E-state index in [1.807, 2.05) is 0 Å². The maximum Gasteiger partial charge on any atom is 0.417 e. The third kappa shape index (κ3) is 5.54. The molecule has 4 rings (SSSR count). The summed E-state index contributed by atoms with van der Waals surface area (Å²) >= 11 is 0. The molecule has 1 aromatic carbocycles. The second-order valence-electron chi connectivity index (χ2n) is 9.33. The van der Waals surface area contributed by atoms with Gasteiger partial charge in [-0.25, -0.2) is 18.7 Å². The van der Waals surface area contributed by atoms with E-state index in [9.17, 15) is 32.3 Å². The van der Waals surface area contributed by atoms with E-state index < -0.39 is 41.2 Å². The van der Waals surface area contributed by atoms with Gasteiger partial charge in [-0.1, -0.05) is 0 Å². The number of hydrogen-bond donors (Lipinski definition) is 3. The molecule has 2 aromatic heterocycles. The van der Waals surface area contributed by atoms with E-state index in [4.69, 9.17) is 0 Å². The van der Waals surface area contributed by atoms with E-state index in [0.717, 1.165) is 16.7 Å². The van der Waals surface area contributed by atoms with Crippen LogP contribution in [0.4, 0.5) is 17.6 Å². The van der Waals surface area contributed by atoms with Crippen molar-refractivity contribution in [2.45, 2.75) is 44.3 Å². The Labute approximate surface area is 197 Å². The molecule has 1 fully saturated rings. The lowest BCUT2D eigenvalue weighted by Crippen LogP contribution is -2.54. The number of carbonyl (C=O) groups is 1. The van der Waals surface area contributed by atoms with E-state index in [0.29, 0.717) is 31.2 Å². The number of halogens is 4. The van der Waals surface area contributed by atoms with Crippen molar-refractivity contribution in [1.82, 2.24) is 24.8 Å². The number of aromatic amines is 1. The highest BCUT2D eigenvalue weighted by Gasteiger charge is 2.33. The van der Waals surface area contributed by atoms with Gasteiger partial charge in [0.25, 0.3) is 5.91 Å². The summed E-state index contributed by atoms with van der Waals surface area (Å²) in [5.74, 6) is -0.592. The number of likely N-dealkylation sites (tertiary alicyclic amines) is 1. The van der Waals surface area contributed by atoms with Gasteiger partial charge in [0.15, 0.2) is 0 Å². The van der Waals surface area contributed by atoms with Gasteiger partial charge in [0.1, 0.15) is 12.0 Å². The Hall–Kier alpha value is -3.25. The molecule has 8 nitrogen and oxygen atoms in total. The van der Waals surface area contributed by atoms with Gasteiger partial charge in [-0.05, 0) is 50.6 Å². The molecule has 0 radical (unpaired) electrons. The van der Waals surface area contributed by atoms with Crippen LogP contribution in [0.3, 0.4) is 0 Å². The molecule has 0 aliphatic carbocycles. The number of nitrogens with zero attached hydrogens (tertiary/aromatic N) is 3. The molecule has 1 amide bonds. The predicted octanol–water partition coefficient (Wildman–Crippen LogP) is 2.65. The standard InChI is InChI=1S/C23H25F4N5O3/c1-22(2,35)12-31-8-7-16(15(24)11-31)29-20(33)13-3-5-17-18(9-13)32(21(34)30-17)19-6-4-14(10-28-19)23(25,26)27/h3-6,9-10,15-16,35H,7-8,11-12H2,1-2H3,(H,29,33)(H,30,34)/t15-,16-/m1/s1. The molecule has 2 atom stereocenters. The van der Waals surface area contributed by atoms with Gasteiger partial charge in [0, 0.05) is 31.4 Å². The maximum absolute atomic E-state index is 14.7. The van der Waals surface area contributed by atoms with Gasteiger partial charge >= 0.3 is 11.9 Å². The van der Waals surface area contributed by atoms with Gasteiger partial charge in [-0.15, -0.1) is 0 Å². The first-order valence-corrected chi connectivity index (χ1v) is 11.0. The van der Waals surface area contributed by atoms with Gasteiger partial charge in [-0.2, -0.15) is 13.2 Å². The van der Waals surface area contributed by atoms with E-state index >= 15 is 0 Å². The highest BCUT2D eigenvalue weighted by molar-refractivity contribution is 5.97. The summed E-state index contributed by atoms with van der Waals surface area (Å²) in [4.78, 5) is 33.5. The molecule has 1 aliphatic heterocycles. The number of alkyl halides is 4. The molecule has 1 aliphatic rings. The Bertz CT molecular complexity index is 1280. The minimum Gasteiger partial charge on any atom is -0.389 e. The fourth-order valence-corrected chi connectivity index (χ4v) is 4.23. The molecule has 35 heavy (non-hydrogen) atoms. The van der Waals surface area contributed by atoms with Crippen molar-refractivity contribution in [2.24, 2.45) is 0 Å². The van der Waals surface area contributed by atoms with Crippen LogP contribution in [0.15, 0.2) is 41.3 Å². The lowest BCUT2D eigenvalue weighted by Gasteiger charge is -2.37. The Morgan fingerprint density at radius 3 is 2.60 bits per heavy atom. The smallest absolute Gasteiger partial charge is 0.389 e. The molecule has 0 bridgehead atoms. The topological polar surface area (TPSA) is 103 Å². The van der Waals surface area contributed by atoms with Crippen LogP contribution in [-0.2, 0) is 6.18 Å². The number of carbonyl (C=O) groups excluding carboxylic acids is 1. The number of nitrogens with one attached hydrogen (secondary N) is 2. The van der Waals surface area contributed by atoms with Crippen LogP contribution in [0.1, 0.15) is 36.2 Å². The van der Waals surface area contributed by atoms with Gasteiger partial charge in [0.05, 0.1) is 28.2 Å². The van der Waals surface area contributed by atoms with Crippen LogP contribution < -0.4 is 11.0 Å². The van der Waals surface area contributed by atoms with Crippen LogP contribution in [0, 0.1) is 0 Å². The lowest BCUT2D eigenvalue weighted by atomic mass is 10.00. The molecule has 3 aromatic rings. The number of pyridine rings is 1. The highest BCUT2D eigenvalue weighted by Crippen LogP contribution is 2.29. The van der Waals surface area contributed by atoms with Crippen molar-refractivity contribution in [1.29, 1.82) is 0 Å². The fourth-order valence-electron chi connectivity index (χ4n) is 4.23. The summed E-state index contributed by atoms with van der Waals surface area (Å²) in [6, 6.07) is 5.52. The van der Waals surface area contributed by atoms with Gasteiger partial charge < -0.3 is 15.4 Å². The van der Waals surface area contributed by atoms with E-state index in [1.165, 1.54) is 18.2 Å². The summed E-state index contributed by atoms with van der Waals surface area (Å²) in [7, 11) is 0. The van der Waals surface area contributed by atoms with Gasteiger partial charge in [0.2, 0.25) is 0 Å². The molecule has 0 unspecified atom stereocenters. The normalized spacial score (nSPS) is 19.7. The largest absolute Gasteiger partial charge is 0.417 e. The van der Waals surface area contributed by atoms with Crippen molar-refractivity contribution in [3.63, 3.8) is 0 Å². The molecule has 3 heterocycles. The minimum atomic E-state index is -4.57. The van der Waals surface area contributed by atoms with Crippen LogP contribution in [-0.4, -0.2) is 67.9 Å². The number of amides is 1. The predicted molar refractivity (Wildman–Crippen MR) is 120 cm³/mol. The van der Waals surface area contributed by atoms with Crippen LogP contribution in [0.5, 0.6) is 0 Å². The number of hydrogen-bond acceptors (Lipinski definition) is 5. The second kappa shape index (κ2) is 9.08. The summed E-state index contributed by atoms with van der Waals surface area (Å²) in [6.45, 7) is 4.18. The summed E-state index contributed by atoms with van der Waals surface area (Å²) in [5.41, 5.74) is -1.79. The van der Waals surface area contributed by atoms with Crippen LogP contribution >= 0.6 is 0 Å². The minimum absolute atomic E-state index is 0.0465. The number of H-pyrrole nitrogens is 1. The number of β-amino-alcohol motifs (C(OH)–C–C–N with tert-alkyl or cyclic N) is 1. The van der Waals surface area contributed by atoms with Crippen molar-refractivity contribution >= 4 is 16.9 Å². The maximum atomic E-state index is 14.7. The van der Waals surface area contributed by atoms with Crippen molar-refractivity contribution in [3.05, 3.63) is 58.1 Å². The quantitative estimate of drug-likeness (QED) is 0.473. The summed E-state index contributed by atoms with van der Waals surface area (Å²) in [5, 5.41) is 12.6. The Morgan fingerprint density at radius 1 is 1.26 bits per heavy atom. The first-order chi connectivity index (χ1) is 16.3. The Morgan fingerprint density at radius 2 is 2.00 bits per heavy atom. The average molecular weight is 495 g/mol. The number of aliphatic hydroxyl groups is 1. The number of imidazole rings is 1. The third-order valence-electron chi connectivity index (χ3n) is 5.80. The Balaban J connectivity index is 1.54. The molecule has 188 valence electrons. The van der Waals surface area contributed by atoms with E-state index in [1.54, 1.807) is 18.7 Å². The molecule has 12 heteroatoms. The molecule has 1 saturated heterocycles. The van der Waals surface area contributed by atoms with Crippen LogP contribution in [0.25, 0.3) is 16.9 Å². The molecule has 0 spiro atoms. The highest BCUT2D eigenvalue weighted by atomic mass is 19.4. The zero-order valence-electron chi connectivity index (χ0n) is 19.1. The number of aromatic nitrogens is 3. The molecule has 0 saturated carbocycles. The van der Waals surface area contributed by atoms with Crippen molar-refractivity contribution < 1.29 is 27.5 Å². The first kappa shape index (κ1) is 24.9. The fraction of sp³-hybridized carbons (Fsp3) is 0.435. The number of rotatable bonds is 5. The van der Waals surface area contributed by atoms with Gasteiger partial charge in [-0.3, -0.25) is 9.69 Å². The number of fused-ring (bicyclic) bond motifs is 1. The monoisotopic (exact) mass is 495 g/mol. The zero-order valence-corrected chi connectivity index (χ0v) is 19.1. The molecular formula is C23H25F4N5O3. The van der Waals surface area contributed by atoms with E-state index in [2.05, 4.69) is 15.3 Å². The average Bonchev–Trinajstić information content (AvgIpc) is 3.08. The van der Waals surface area contributed by atoms with Crippen LogP contribution in [0.2, 0.25) is 0 Å². The lowest BCUT2D eigenvalue weighted by molar-refractivity contribution is -0.137. The number of benzene rings is 1. The van der Waals surface area contributed by atoms with Crippen molar-refractivity contribution in [3.8, 4) is 5.82 Å². The third-order valence-corrected chi connectivity index (χ3v) is 5.80. The SMILES string of the molecule is CC(C)(O)CN1CC[C@@H](NC(=O)c2ccc3[nH]c(=O)n(-c4ccc(C(F)(F)F)cn4)c3c2)[C@H](F)C1. The molecule has 3 N–H and O–H groups in total. The first-order valence-electron chi connectivity index (χ1n) is 11.0. The second-order valence-corrected chi connectivity index (χ2v) is 9.33.